The average molecular weight is 172 g/mol. The lowest BCUT2D eigenvalue weighted by atomic mass is 10.5. The highest BCUT2D eigenvalue weighted by Crippen LogP contribution is 1.93. The Bertz CT molecular complexity index is 201. The molecule has 0 atom stereocenters. The van der Waals surface area contributed by atoms with Crippen molar-refractivity contribution in [1.29, 1.82) is 0 Å². The minimum atomic E-state index is 1.14. The lowest BCUT2D eigenvalue weighted by molar-refractivity contribution is 1.45. The molecule has 0 aromatic heterocycles. The monoisotopic (exact) mass is 172 g/mol. The smallest absolute Gasteiger partial charge is 0.0163 e. The van der Waals surface area contributed by atoms with Gasteiger partial charge in [0.1, 0.15) is 0 Å². The standard InChI is InChI=1S/2C5H6.C3H4/c2*1-2-4-5-3-1;1-3-2/h2*1-4H,5H2;1-2H2. The molecule has 0 unspecified atom stereocenters. The van der Waals surface area contributed by atoms with E-state index in [9.17, 15) is 0 Å². The van der Waals surface area contributed by atoms with Gasteiger partial charge < -0.3 is 0 Å². The number of hydrogen-bond acceptors (Lipinski definition) is 0. The molecule has 0 heteroatoms. The van der Waals surface area contributed by atoms with Gasteiger partial charge in [-0.2, -0.15) is 0 Å². The molecule has 0 fully saturated rings. The summed E-state index contributed by atoms with van der Waals surface area (Å²) in [5.74, 6) is 0. The molecule has 2 aliphatic carbocycles. The SMILES string of the molecule is C1=CCC=C1.C1=CCC=C1.C=C=C. The zero-order valence-corrected chi connectivity index (χ0v) is 7.95. The van der Waals surface area contributed by atoms with E-state index >= 15 is 0 Å². The second kappa shape index (κ2) is 10.5. The third-order valence-corrected chi connectivity index (χ3v) is 1.31. The van der Waals surface area contributed by atoms with Gasteiger partial charge in [-0.05, 0) is 12.8 Å². The molecule has 0 amide bonds. The van der Waals surface area contributed by atoms with E-state index in [1.807, 2.05) is 0 Å². The molecule has 2 rings (SSSR count). The van der Waals surface area contributed by atoms with Crippen molar-refractivity contribution in [1.82, 2.24) is 0 Å². The fourth-order valence-corrected chi connectivity index (χ4v) is 0.786. The van der Waals surface area contributed by atoms with Gasteiger partial charge in [0.2, 0.25) is 0 Å². The number of hydrogen-bond donors (Lipinski definition) is 0. The molecular formula is C13H16. The largest absolute Gasteiger partial charge is 0.137 e. The summed E-state index contributed by atoms with van der Waals surface area (Å²) in [5.41, 5.74) is 2.25. The van der Waals surface area contributed by atoms with Crippen LogP contribution in [0.1, 0.15) is 12.8 Å². The molecule has 0 heterocycles. The Hall–Kier alpha value is -1.52. The molecule has 0 saturated heterocycles. The number of rotatable bonds is 0. The quantitative estimate of drug-likeness (QED) is 0.485. The van der Waals surface area contributed by atoms with E-state index < -0.39 is 0 Å². The van der Waals surface area contributed by atoms with E-state index in [0.29, 0.717) is 0 Å². The van der Waals surface area contributed by atoms with Gasteiger partial charge in [0.25, 0.3) is 0 Å². The zero-order chi connectivity index (χ0) is 9.78. The maximum atomic E-state index is 3.12. The van der Waals surface area contributed by atoms with Crippen LogP contribution in [0.25, 0.3) is 0 Å². The Morgan fingerprint density at radius 2 is 0.923 bits per heavy atom. The van der Waals surface area contributed by atoms with Crippen molar-refractivity contribution in [2.45, 2.75) is 12.8 Å². The molecular weight excluding hydrogens is 156 g/mol. The molecule has 0 bridgehead atoms. The van der Waals surface area contributed by atoms with Crippen molar-refractivity contribution < 1.29 is 0 Å². The maximum Gasteiger partial charge on any atom is -0.0163 e. The van der Waals surface area contributed by atoms with Crippen molar-refractivity contribution in [3.8, 4) is 0 Å². The summed E-state index contributed by atoms with van der Waals surface area (Å²) in [4.78, 5) is 0. The van der Waals surface area contributed by atoms with Gasteiger partial charge in [-0.15, -0.1) is 5.73 Å². The van der Waals surface area contributed by atoms with Crippen molar-refractivity contribution in [2.75, 3.05) is 0 Å². The fraction of sp³-hybridized carbons (Fsp3) is 0.154. The highest BCUT2D eigenvalue weighted by Gasteiger charge is 1.72. The minimum absolute atomic E-state index is 1.14. The van der Waals surface area contributed by atoms with Crippen LogP contribution in [0.3, 0.4) is 0 Å². The Morgan fingerprint density at radius 3 is 1.00 bits per heavy atom. The summed E-state index contributed by atoms with van der Waals surface area (Å²) in [5, 5.41) is 0. The molecule has 0 aliphatic heterocycles. The van der Waals surface area contributed by atoms with Gasteiger partial charge in [0.15, 0.2) is 0 Å². The van der Waals surface area contributed by atoms with Gasteiger partial charge in [0.05, 0.1) is 0 Å². The van der Waals surface area contributed by atoms with Crippen LogP contribution in [0.4, 0.5) is 0 Å². The summed E-state index contributed by atoms with van der Waals surface area (Å²) < 4.78 is 0. The first-order valence-corrected chi connectivity index (χ1v) is 4.34. The van der Waals surface area contributed by atoms with Crippen LogP contribution < -0.4 is 0 Å². The van der Waals surface area contributed by atoms with Crippen LogP contribution in [-0.4, -0.2) is 0 Å². The normalized spacial score (nSPS) is 14.2. The molecule has 0 spiro atoms. The third kappa shape index (κ3) is 10.5. The maximum absolute atomic E-state index is 3.12. The molecule has 68 valence electrons. The van der Waals surface area contributed by atoms with Gasteiger partial charge >= 0.3 is 0 Å². The highest BCUT2D eigenvalue weighted by atomic mass is 13.8. The Morgan fingerprint density at radius 1 is 0.692 bits per heavy atom. The second-order valence-corrected chi connectivity index (χ2v) is 2.43. The predicted octanol–water partition coefficient (Wildman–Crippen LogP) is 3.96. The van der Waals surface area contributed by atoms with E-state index in [4.69, 9.17) is 0 Å². The molecule has 0 radical (unpaired) electrons. The van der Waals surface area contributed by atoms with Crippen molar-refractivity contribution in [3.63, 3.8) is 0 Å². The summed E-state index contributed by atoms with van der Waals surface area (Å²) in [7, 11) is 0. The van der Waals surface area contributed by atoms with E-state index in [-0.39, 0.29) is 0 Å². The molecule has 0 aromatic rings. The Balaban J connectivity index is 0.000000174. The second-order valence-electron chi connectivity index (χ2n) is 2.43. The lowest BCUT2D eigenvalue weighted by Gasteiger charge is -1.57. The molecule has 0 aromatic carbocycles. The highest BCUT2D eigenvalue weighted by molar-refractivity contribution is 5.12. The number of allylic oxidation sites excluding steroid dienone is 8. The zero-order valence-electron chi connectivity index (χ0n) is 7.95. The molecule has 0 nitrogen and oxygen atoms in total. The van der Waals surface area contributed by atoms with Gasteiger partial charge in [0, 0.05) is 0 Å². The van der Waals surface area contributed by atoms with E-state index in [2.05, 4.69) is 67.5 Å². The minimum Gasteiger partial charge on any atom is -0.137 e. The van der Waals surface area contributed by atoms with Crippen LogP contribution in [0.5, 0.6) is 0 Å². The average Bonchev–Trinajstić information content (AvgIpc) is 2.85. The van der Waals surface area contributed by atoms with E-state index in [1.54, 1.807) is 0 Å². The van der Waals surface area contributed by atoms with Gasteiger partial charge in [-0.25, -0.2) is 0 Å². The van der Waals surface area contributed by atoms with E-state index in [1.165, 1.54) is 0 Å². The Labute approximate surface area is 81.0 Å². The first-order valence-electron chi connectivity index (χ1n) is 4.34. The summed E-state index contributed by atoms with van der Waals surface area (Å²) in [6.45, 7) is 6.25. The first-order chi connectivity index (χ1) is 6.41. The van der Waals surface area contributed by atoms with Crippen LogP contribution >= 0.6 is 0 Å². The topological polar surface area (TPSA) is 0 Å². The van der Waals surface area contributed by atoms with Crippen LogP contribution in [-0.2, 0) is 0 Å². The lowest BCUT2D eigenvalue weighted by Crippen LogP contribution is -1.37. The summed E-state index contributed by atoms with van der Waals surface area (Å²) in [6, 6.07) is 0. The molecule has 13 heavy (non-hydrogen) atoms. The van der Waals surface area contributed by atoms with Crippen molar-refractivity contribution >= 4 is 0 Å². The van der Waals surface area contributed by atoms with Crippen molar-refractivity contribution in [3.05, 3.63) is 67.5 Å². The van der Waals surface area contributed by atoms with Gasteiger partial charge in [-0.1, -0.05) is 61.8 Å². The Kier molecular flexibility index (Phi) is 9.25. The third-order valence-electron chi connectivity index (χ3n) is 1.31. The molecule has 0 saturated carbocycles. The first kappa shape index (κ1) is 11.5. The summed E-state index contributed by atoms with van der Waals surface area (Å²) in [6.07, 6.45) is 19.0. The fourth-order valence-electron chi connectivity index (χ4n) is 0.786. The van der Waals surface area contributed by atoms with Crippen LogP contribution in [0, 0.1) is 0 Å². The van der Waals surface area contributed by atoms with Crippen molar-refractivity contribution in [2.24, 2.45) is 0 Å². The van der Waals surface area contributed by atoms with Crippen LogP contribution in [0.2, 0.25) is 0 Å². The predicted molar refractivity (Wildman–Crippen MR) is 60.6 cm³/mol. The van der Waals surface area contributed by atoms with Gasteiger partial charge in [-0.3, -0.25) is 0 Å². The van der Waals surface area contributed by atoms with Crippen LogP contribution in [0.15, 0.2) is 67.5 Å². The molecule has 0 N–H and O–H groups in total. The van der Waals surface area contributed by atoms with E-state index in [0.717, 1.165) is 12.8 Å². The molecule has 2 aliphatic rings. The summed E-state index contributed by atoms with van der Waals surface area (Å²) >= 11 is 0.